The van der Waals surface area contributed by atoms with Crippen molar-refractivity contribution in [3.8, 4) is 0 Å². The lowest BCUT2D eigenvalue weighted by Gasteiger charge is -2.27. The minimum absolute atomic E-state index is 0.397. The summed E-state index contributed by atoms with van der Waals surface area (Å²) < 4.78 is 0. The van der Waals surface area contributed by atoms with Crippen molar-refractivity contribution in [1.82, 2.24) is 0 Å². The van der Waals surface area contributed by atoms with Crippen LogP contribution in [-0.2, 0) is 0 Å². The summed E-state index contributed by atoms with van der Waals surface area (Å²) in [4.78, 5) is 1.36. The summed E-state index contributed by atoms with van der Waals surface area (Å²) in [5.41, 5.74) is 6.11. The van der Waals surface area contributed by atoms with E-state index in [1.807, 2.05) is 11.8 Å². The van der Waals surface area contributed by atoms with Crippen LogP contribution in [0, 0.1) is 0 Å². The topological polar surface area (TPSA) is 26.0 Å². The second-order valence-corrected chi connectivity index (χ2v) is 5.23. The van der Waals surface area contributed by atoms with Crippen molar-refractivity contribution in [3.63, 3.8) is 0 Å². The number of benzene rings is 1. The van der Waals surface area contributed by atoms with Crippen LogP contribution in [0.25, 0.3) is 0 Å². The van der Waals surface area contributed by atoms with Gasteiger partial charge in [-0.3, -0.25) is 0 Å². The average molecular weight is 207 g/mol. The number of rotatable bonds is 2. The van der Waals surface area contributed by atoms with Gasteiger partial charge in [0.1, 0.15) is 0 Å². The van der Waals surface area contributed by atoms with E-state index in [1.54, 1.807) is 0 Å². The van der Waals surface area contributed by atoms with Crippen LogP contribution in [-0.4, -0.2) is 11.3 Å². The van der Waals surface area contributed by atoms with Crippen LogP contribution in [0.5, 0.6) is 0 Å². The molecule has 0 amide bonds. The van der Waals surface area contributed by atoms with Crippen LogP contribution < -0.4 is 5.73 Å². The first-order valence-electron chi connectivity index (χ1n) is 5.33. The lowest BCUT2D eigenvalue weighted by atomic mass is 9.96. The summed E-state index contributed by atoms with van der Waals surface area (Å²) in [5, 5.41) is 0.631. The van der Waals surface area contributed by atoms with Gasteiger partial charge in [0.2, 0.25) is 0 Å². The second kappa shape index (κ2) is 4.85. The zero-order valence-corrected chi connectivity index (χ0v) is 9.17. The maximum atomic E-state index is 6.11. The third kappa shape index (κ3) is 2.52. The van der Waals surface area contributed by atoms with E-state index in [1.165, 1.54) is 30.6 Å². The van der Waals surface area contributed by atoms with Crippen LogP contribution in [0.1, 0.15) is 25.7 Å². The predicted octanol–water partition coefficient (Wildman–Crippen LogP) is 3.05. The minimum Gasteiger partial charge on any atom is -0.327 e. The van der Waals surface area contributed by atoms with Gasteiger partial charge in [-0.1, -0.05) is 31.0 Å². The molecule has 2 rings (SSSR count). The van der Waals surface area contributed by atoms with E-state index in [0.717, 1.165) is 0 Å². The molecule has 0 heterocycles. The molecule has 0 saturated heterocycles. The fourth-order valence-corrected chi connectivity index (χ4v) is 3.20. The maximum absolute atomic E-state index is 6.11. The summed E-state index contributed by atoms with van der Waals surface area (Å²) in [6.45, 7) is 0. The van der Waals surface area contributed by atoms with Crippen LogP contribution >= 0.6 is 11.8 Å². The SMILES string of the molecule is N[C@@H]1CCCC[C@@H]1Sc1ccccc1. The van der Waals surface area contributed by atoms with Gasteiger partial charge in [-0.05, 0) is 25.0 Å². The molecule has 1 nitrogen and oxygen atoms in total. The van der Waals surface area contributed by atoms with Crippen LogP contribution in [0.15, 0.2) is 35.2 Å². The molecule has 1 fully saturated rings. The van der Waals surface area contributed by atoms with Crippen molar-refractivity contribution >= 4 is 11.8 Å². The van der Waals surface area contributed by atoms with Gasteiger partial charge in [0.15, 0.2) is 0 Å². The van der Waals surface area contributed by atoms with E-state index in [2.05, 4.69) is 30.3 Å². The second-order valence-electron chi connectivity index (χ2n) is 3.92. The highest BCUT2D eigenvalue weighted by atomic mass is 32.2. The summed E-state index contributed by atoms with van der Waals surface area (Å²) in [7, 11) is 0. The van der Waals surface area contributed by atoms with Gasteiger partial charge in [0.25, 0.3) is 0 Å². The van der Waals surface area contributed by atoms with Crippen molar-refractivity contribution in [1.29, 1.82) is 0 Å². The van der Waals surface area contributed by atoms with Gasteiger partial charge < -0.3 is 5.73 Å². The normalized spacial score (nSPS) is 27.5. The number of nitrogens with two attached hydrogens (primary N) is 1. The molecule has 76 valence electrons. The molecule has 2 atom stereocenters. The van der Waals surface area contributed by atoms with Crippen molar-refractivity contribution < 1.29 is 0 Å². The quantitative estimate of drug-likeness (QED) is 0.806. The third-order valence-electron chi connectivity index (χ3n) is 2.78. The van der Waals surface area contributed by atoms with E-state index in [4.69, 9.17) is 5.73 Å². The summed E-state index contributed by atoms with van der Waals surface area (Å²) in [6.07, 6.45) is 5.14. The van der Waals surface area contributed by atoms with Crippen molar-refractivity contribution in [2.45, 2.75) is 41.9 Å². The lowest BCUT2D eigenvalue weighted by Crippen LogP contribution is -2.35. The Hall–Kier alpha value is -0.470. The largest absolute Gasteiger partial charge is 0.327 e. The maximum Gasteiger partial charge on any atom is 0.0246 e. The molecule has 1 aromatic rings. The van der Waals surface area contributed by atoms with Gasteiger partial charge in [-0.2, -0.15) is 0 Å². The molecule has 2 N–H and O–H groups in total. The van der Waals surface area contributed by atoms with E-state index in [0.29, 0.717) is 11.3 Å². The van der Waals surface area contributed by atoms with E-state index < -0.39 is 0 Å². The monoisotopic (exact) mass is 207 g/mol. The number of hydrogen-bond donors (Lipinski definition) is 1. The van der Waals surface area contributed by atoms with Gasteiger partial charge in [-0.25, -0.2) is 0 Å². The first kappa shape index (κ1) is 10.1. The Morgan fingerprint density at radius 1 is 1.07 bits per heavy atom. The molecule has 2 heteroatoms. The molecular weight excluding hydrogens is 190 g/mol. The zero-order chi connectivity index (χ0) is 9.80. The van der Waals surface area contributed by atoms with Gasteiger partial charge >= 0.3 is 0 Å². The van der Waals surface area contributed by atoms with Gasteiger partial charge in [0.05, 0.1) is 0 Å². The summed E-state index contributed by atoms with van der Waals surface area (Å²) >= 11 is 1.95. The average Bonchev–Trinajstić information content (AvgIpc) is 2.23. The summed E-state index contributed by atoms with van der Waals surface area (Å²) in [6, 6.07) is 11.0. The van der Waals surface area contributed by atoms with Crippen molar-refractivity contribution in [3.05, 3.63) is 30.3 Å². The third-order valence-corrected chi connectivity index (χ3v) is 4.22. The molecule has 1 aromatic carbocycles. The van der Waals surface area contributed by atoms with Crippen molar-refractivity contribution in [2.24, 2.45) is 5.73 Å². The van der Waals surface area contributed by atoms with Gasteiger partial charge in [0, 0.05) is 16.2 Å². The highest BCUT2D eigenvalue weighted by molar-refractivity contribution is 8.00. The molecule has 0 aromatic heterocycles. The van der Waals surface area contributed by atoms with E-state index >= 15 is 0 Å². The predicted molar refractivity (Wildman–Crippen MR) is 62.5 cm³/mol. The smallest absolute Gasteiger partial charge is 0.0246 e. The number of hydrogen-bond acceptors (Lipinski definition) is 2. The standard InChI is InChI=1S/C12H17NS/c13-11-8-4-5-9-12(11)14-10-6-2-1-3-7-10/h1-3,6-7,11-12H,4-5,8-9,13H2/t11-,12+/m1/s1. The van der Waals surface area contributed by atoms with Gasteiger partial charge in [-0.15, -0.1) is 11.8 Å². The fourth-order valence-electron chi connectivity index (χ4n) is 1.95. The molecule has 0 aliphatic heterocycles. The molecule has 0 unspecified atom stereocenters. The Morgan fingerprint density at radius 2 is 1.79 bits per heavy atom. The van der Waals surface area contributed by atoms with E-state index in [9.17, 15) is 0 Å². The van der Waals surface area contributed by atoms with Crippen molar-refractivity contribution in [2.75, 3.05) is 0 Å². The molecule has 0 radical (unpaired) electrons. The van der Waals surface area contributed by atoms with Crippen LogP contribution in [0.2, 0.25) is 0 Å². The molecule has 1 saturated carbocycles. The highest BCUT2D eigenvalue weighted by Gasteiger charge is 2.22. The van der Waals surface area contributed by atoms with Crippen LogP contribution in [0.4, 0.5) is 0 Å². The first-order valence-corrected chi connectivity index (χ1v) is 6.21. The fraction of sp³-hybridized carbons (Fsp3) is 0.500. The number of thioether (sulfide) groups is 1. The van der Waals surface area contributed by atoms with Crippen LogP contribution in [0.3, 0.4) is 0 Å². The lowest BCUT2D eigenvalue weighted by molar-refractivity contribution is 0.453. The Bertz CT molecular complexity index is 273. The zero-order valence-electron chi connectivity index (χ0n) is 8.36. The molecule has 1 aliphatic rings. The molecular formula is C12H17NS. The highest BCUT2D eigenvalue weighted by Crippen LogP contribution is 2.32. The Kier molecular flexibility index (Phi) is 3.49. The molecule has 0 bridgehead atoms. The Labute approximate surface area is 90.1 Å². The Balaban J connectivity index is 1.96. The van der Waals surface area contributed by atoms with E-state index in [-0.39, 0.29) is 0 Å². The first-order chi connectivity index (χ1) is 6.86. The molecule has 1 aliphatic carbocycles. The summed E-state index contributed by atoms with van der Waals surface area (Å²) in [5.74, 6) is 0. The molecule has 14 heavy (non-hydrogen) atoms. The Morgan fingerprint density at radius 3 is 2.50 bits per heavy atom. The molecule has 0 spiro atoms. The minimum atomic E-state index is 0.397.